The summed E-state index contributed by atoms with van der Waals surface area (Å²) < 4.78 is 0. The van der Waals surface area contributed by atoms with Crippen molar-refractivity contribution >= 4 is 11.8 Å². The van der Waals surface area contributed by atoms with Crippen LogP contribution in [0.25, 0.3) is 67.5 Å². The molecule has 1 aliphatic carbocycles. The van der Waals surface area contributed by atoms with E-state index in [9.17, 15) is 5.26 Å². The molecule has 1 aliphatic heterocycles. The Labute approximate surface area is 341 Å². The van der Waals surface area contributed by atoms with Crippen molar-refractivity contribution in [1.29, 1.82) is 5.26 Å². The minimum Gasteiger partial charge on any atom is -0.208 e. The van der Waals surface area contributed by atoms with Gasteiger partial charge in [0, 0.05) is 26.5 Å². The van der Waals surface area contributed by atoms with Crippen molar-refractivity contribution in [2.45, 2.75) is 15.2 Å². The maximum atomic E-state index is 10.1. The van der Waals surface area contributed by atoms with Crippen molar-refractivity contribution < 1.29 is 0 Å². The molecular formula is C53H32N4S. The molecule has 1 aromatic heterocycles. The van der Waals surface area contributed by atoms with E-state index in [0.29, 0.717) is 23.0 Å². The van der Waals surface area contributed by atoms with Crippen LogP contribution in [0.4, 0.5) is 0 Å². The highest BCUT2D eigenvalue weighted by Gasteiger charge is 2.50. The quantitative estimate of drug-likeness (QED) is 0.175. The fourth-order valence-electron chi connectivity index (χ4n) is 8.78. The maximum Gasteiger partial charge on any atom is 0.164 e. The summed E-state index contributed by atoms with van der Waals surface area (Å²) in [6.45, 7) is 0. The highest BCUT2D eigenvalue weighted by Crippen LogP contribution is 2.62. The molecule has 0 fully saturated rings. The summed E-state index contributed by atoms with van der Waals surface area (Å²) in [7, 11) is 0. The van der Waals surface area contributed by atoms with Crippen LogP contribution in [0.5, 0.6) is 0 Å². The highest BCUT2D eigenvalue weighted by molar-refractivity contribution is 7.99. The van der Waals surface area contributed by atoms with Crippen molar-refractivity contribution in [3.05, 3.63) is 222 Å². The van der Waals surface area contributed by atoms with E-state index >= 15 is 0 Å². The Morgan fingerprint density at radius 2 is 0.810 bits per heavy atom. The van der Waals surface area contributed by atoms with Crippen LogP contribution < -0.4 is 0 Å². The third-order valence-corrected chi connectivity index (χ3v) is 12.6. The van der Waals surface area contributed by atoms with Gasteiger partial charge < -0.3 is 0 Å². The molecule has 8 aromatic carbocycles. The van der Waals surface area contributed by atoms with Gasteiger partial charge in [-0.2, -0.15) is 5.26 Å². The molecule has 2 aliphatic rings. The highest BCUT2D eigenvalue weighted by atomic mass is 32.2. The van der Waals surface area contributed by atoms with Gasteiger partial charge in [0.1, 0.15) is 0 Å². The van der Waals surface area contributed by atoms with E-state index in [1.54, 1.807) is 0 Å². The minimum absolute atomic E-state index is 0.553. The summed E-state index contributed by atoms with van der Waals surface area (Å²) in [5.41, 5.74) is 14.7. The van der Waals surface area contributed by atoms with Crippen LogP contribution in [0.3, 0.4) is 0 Å². The number of rotatable bonds is 5. The molecule has 0 saturated heterocycles. The molecule has 5 heteroatoms. The van der Waals surface area contributed by atoms with Gasteiger partial charge in [-0.3, -0.25) is 0 Å². The number of aromatic nitrogens is 3. The summed E-state index contributed by atoms with van der Waals surface area (Å²) in [6, 6.07) is 70.5. The first-order chi connectivity index (χ1) is 28.7. The van der Waals surface area contributed by atoms with E-state index in [4.69, 9.17) is 15.0 Å². The van der Waals surface area contributed by atoms with E-state index in [1.165, 1.54) is 43.2 Å². The molecule has 0 radical (unpaired) electrons. The predicted octanol–water partition coefficient (Wildman–Crippen LogP) is 12.9. The first kappa shape index (κ1) is 33.9. The van der Waals surface area contributed by atoms with Gasteiger partial charge in [0.2, 0.25) is 0 Å². The average Bonchev–Trinajstić information content (AvgIpc) is 3.58. The molecule has 2 heterocycles. The second-order valence-electron chi connectivity index (χ2n) is 14.7. The van der Waals surface area contributed by atoms with Gasteiger partial charge in [-0.05, 0) is 92.0 Å². The van der Waals surface area contributed by atoms with Crippen LogP contribution in [0.15, 0.2) is 204 Å². The SMILES string of the molecule is N#Cc1ccc2c(c1)C1(c3ccccc3Sc3ccccc31)c1cc(-c3ccc(-c4cccc(-c5nc(-c6ccccc6)nc(-c6ccccc6)n5)c4)cc3)ccc1-2. The lowest BCUT2D eigenvalue weighted by Crippen LogP contribution is -2.32. The van der Waals surface area contributed by atoms with E-state index in [1.807, 2.05) is 78.5 Å². The van der Waals surface area contributed by atoms with Gasteiger partial charge in [0.25, 0.3) is 0 Å². The Bertz CT molecular complexity index is 2990. The maximum absolute atomic E-state index is 10.1. The van der Waals surface area contributed by atoms with Crippen molar-refractivity contribution in [3.63, 3.8) is 0 Å². The second-order valence-corrected chi connectivity index (χ2v) is 15.8. The van der Waals surface area contributed by atoms with Crippen LogP contribution in [-0.4, -0.2) is 15.0 Å². The van der Waals surface area contributed by atoms with E-state index in [2.05, 4.69) is 133 Å². The van der Waals surface area contributed by atoms with Crippen molar-refractivity contribution in [2.24, 2.45) is 0 Å². The molecule has 1 spiro atoms. The van der Waals surface area contributed by atoms with Crippen LogP contribution in [0.1, 0.15) is 27.8 Å². The smallest absolute Gasteiger partial charge is 0.164 e. The van der Waals surface area contributed by atoms with Crippen molar-refractivity contribution in [3.8, 4) is 73.6 Å². The molecule has 270 valence electrons. The van der Waals surface area contributed by atoms with E-state index in [-0.39, 0.29) is 0 Å². The fourth-order valence-corrected chi connectivity index (χ4v) is 9.97. The first-order valence-corrected chi connectivity index (χ1v) is 20.1. The lowest BCUT2D eigenvalue weighted by molar-refractivity contribution is 0.722. The predicted molar refractivity (Wildman–Crippen MR) is 233 cm³/mol. The lowest BCUT2D eigenvalue weighted by atomic mass is 9.67. The van der Waals surface area contributed by atoms with Gasteiger partial charge in [0.05, 0.1) is 17.0 Å². The Morgan fingerprint density at radius 1 is 0.362 bits per heavy atom. The summed E-state index contributed by atoms with van der Waals surface area (Å²) in [4.78, 5) is 17.3. The lowest BCUT2D eigenvalue weighted by Gasteiger charge is -2.39. The molecule has 58 heavy (non-hydrogen) atoms. The fraction of sp³-hybridized carbons (Fsp3) is 0.0189. The molecule has 0 saturated carbocycles. The van der Waals surface area contributed by atoms with Crippen molar-refractivity contribution in [2.75, 3.05) is 0 Å². The number of nitrogens with zero attached hydrogens (tertiary/aromatic N) is 4. The summed E-state index contributed by atoms with van der Waals surface area (Å²) in [5, 5.41) is 10.1. The zero-order valence-electron chi connectivity index (χ0n) is 31.2. The van der Waals surface area contributed by atoms with E-state index < -0.39 is 5.41 Å². The molecule has 0 unspecified atom stereocenters. The second kappa shape index (κ2) is 13.7. The van der Waals surface area contributed by atoms with Crippen LogP contribution in [-0.2, 0) is 5.41 Å². The third-order valence-electron chi connectivity index (χ3n) is 11.4. The first-order valence-electron chi connectivity index (χ1n) is 19.3. The van der Waals surface area contributed by atoms with Crippen LogP contribution in [0, 0.1) is 11.3 Å². The van der Waals surface area contributed by atoms with Crippen molar-refractivity contribution in [1.82, 2.24) is 15.0 Å². The van der Waals surface area contributed by atoms with E-state index in [0.717, 1.165) is 38.9 Å². The average molecular weight is 757 g/mol. The number of hydrogen-bond donors (Lipinski definition) is 0. The molecule has 0 atom stereocenters. The Morgan fingerprint density at radius 3 is 1.40 bits per heavy atom. The normalized spacial score (nSPS) is 12.9. The Hall–Kier alpha value is -7.39. The minimum atomic E-state index is -0.553. The standard InChI is InChI=1S/C53H32N4S/c54-33-34-22-28-42-43-29-27-40(32-47(43)53(46(42)30-34)44-18-7-9-20-48(44)58-49-21-10-8-19-45(49)53)36-25-23-35(24-26-36)39-16-11-17-41(31-39)52-56-50(37-12-3-1-4-13-37)55-51(57-52)38-14-5-2-6-15-38/h1-32H. The third kappa shape index (κ3) is 5.42. The Balaban J connectivity index is 0.997. The topological polar surface area (TPSA) is 62.5 Å². The number of benzene rings is 8. The summed E-state index contributed by atoms with van der Waals surface area (Å²) in [5.74, 6) is 1.91. The molecule has 9 aromatic rings. The summed E-state index contributed by atoms with van der Waals surface area (Å²) >= 11 is 1.83. The molecule has 11 rings (SSSR count). The molecule has 0 N–H and O–H groups in total. The van der Waals surface area contributed by atoms with Gasteiger partial charge in [0.15, 0.2) is 17.5 Å². The molecule has 0 amide bonds. The number of fused-ring (bicyclic) bond motifs is 9. The van der Waals surface area contributed by atoms with Gasteiger partial charge in [-0.25, -0.2) is 15.0 Å². The largest absolute Gasteiger partial charge is 0.208 e. The Kier molecular flexibility index (Phi) is 7.99. The molecule has 0 bridgehead atoms. The van der Waals surface area contributed by atoms with Gasteiger partial charge in [-0.15, -0.1) is 0 Å². The van der Waals surface area contributed by atoms with Crippen LogP contribution in [0.2, 0.25) is 0 Å². The molecular weight excluding hydrogens is 725 g/mol. The number of hydrogen-bond acceptors (Lipinski definition) is 5. The van der Waals surface area contributed by atoms with Crippen LogP contribution >= 0.6 is 11.8 Å². The zero-order valence-corrected chi connectivity index (χ0v) is 32.0. The van der Waals surface area contributed by atoms with Gasteiger partial charge >= 0.3 is 0 Å². The molecule has 4 nitrogen and oxygen atoms in total. The van der Waals surface area contributed by atoms with Gasteiger partial charge in [-0.1, -0.05) is 169 Å². The monoisotopic (exact) mass is 756 g/mol. The number of nitriles is 1. The zero-order chi connectivity index (χ0) is 38.6. The summed E-state index contributed by atoms with van der Waals surface area (Å²) in [6.07, 6.45) is 0.